The normalized spacial score (nSPS) is 10.7. The van der Waals surface area contributed by atoms with Crippen LogP contribution in [0.2, 0.25) is 0 Å². The summed E-state index contributed by atoms with van der Waals surface area (Å²) < 4.78 is 0. The van der Waals surface area contributed by atoms with Gasteiger partial charge in [0.05, 0.1) is 0 Å². The lowest BCUT2D eigenvalue weighted by Gasteiger charge is -2.20. The van der Waals surface area contributed by atoms with Crippen molar-refractivity contribution in [3.05, 3.63) is 24.3 Å². The van der Waals surface area contributed by atoms with Crippen molar-refractivity contribution in [1.29, 1.82) is 0 Å². The number of nitrogens with zero attached hydrogens (tertiary/aromatic N) is 4. The zero-order chi connectivity index (χ0) is 15.2. The number of aromatic nitrogens is 2. The fraction of sp³-hybridized carbons (Fsp3) is 0.500. The van der Waals surface area contributed by atoms with Gasteiger partial charge in [-0.3, -0.25) is 0 Å². The van der Waals surface area contributed by atoms with Crippen molar-refractivity contribution in [3.8, 4) is 10.6 Å². The second-order valence-electron chi connectivity index (χ2n) is 4.78. The van der Waals surface area contributed by atoms with Crippen LogP contribution in [-0.2, 0) is 0 Å². The molecule has 0 amide bonds. The summed E-state index contributed by atoms with van der Waals surface area (Å²) >= 11 is 1.66. The summed E-state index contributed by atoms with van der Waals surface area (Å²) in [4.78, 5) is 4.57. The third-order valence-corrected chi connectivity index (χ3v) is 4.72. The standard InChI is InChI=1S/C16H24N4S/c1-5-19(6-2)14-11-9-13(10-12-14)15-17-18-16(21-15)20(7-3)8-4/h9-12H,5-8H2,1-4H3. The van der Waals surface area contributed by atoms with Gasteiger partial charge in [0.15, 0.2) is 0 Å². The van der Waals surface area contributed by atoms with Crippen molar-refractivity contribution in [2.75, 3.05) is 36.0 Å². The van der Waals surface area contributed by atoms with E-state index >= 15 is 0 Å². The third-order valence-electron chi connectivity index (χ3n) is 3.69. The van der Waals surface area contributed by atoms with E-state index in [1.807, 2.05) is 0 Å². The maximum absolute atomic E-state index is 4.33. The molecular weight excluding hydrogens is 280 g/mol. The van der Waals surface area contributed by atoms with E-state index in [1.165, 1.54) is 5.69 Å². The number of rotatable bonds is 7. The van der Waals surface area contributed by atoms with E-state index in [4.69, 9.17) is 0 Å². The van der Waals surface area contributed by atoms with Crippen LogP contribution in [-0.4, -0.2) is 36.4 Å². The van der Waals surface area contributed by atoms with Gasteiger partial charge in [-0.15, -0.1) is 10.2 Å². The Morgan fingerprint density at radius 1 is 0.810 bits per heavy atom. The molecule has 1 aromatic carbocycles. The lowest BCUT2D eigenvalue weighted by atomic mass is 10.2. The molecule has 0 spiro atoms. The maximum Gasteiger partial charge on any atom is 0.208 e. The fourth-order valence-corrected chi connectivity index (χ4v) is 3.34. The summed E-state index contributed by atoms with van der Waals surface area (Å²) in [6, 6.07) is 8.61. The number of hydrogen-bond acceptors (Lipinski definition) is 5. The highest BCUT2D eigenvalue weighted by atomic mass is 32.1. The molecule has 0 unspecified atom stereocenters. The molecule has 1 aromatic heterocycles. The molecule has 0 saturated carbocycles. The SMILES string of the molecule is CCN(CC)c1ccc(-c2nnc(N(CC)CC)s2)cc1. The van der Waals surface area contributed by atoms with Crippen LogP contribution in [0.1, 0.15) is 27.7 Å². The van der Waals surface area contributed by atoms with Crippen LogP contribution < -0.4 is 9.80 Å². The van der Waals surface area contributed by atoms with E-state index in [1.54, 1.807) is 11.3 Å². The number of benzene rings is 1. The van der Waals surface area contributed by atoms with Crippen LogP contribution in [0.3, 0.4) is 0 Å². The first kappa shape index (κ1) is 15.8. The van der Waals surface area contributed by atoms with Crippen LogP contribution in [0.15, 0.2) is 24.3 Å². The maximum atomic E-state index is 4.33. The molecule has 0 radical (unpaired) electrons. The molecule has 0 aliphatic carbocycles. The Balaban J connectivity index is 2.19. The molecular formula is C16H24N4S. The first-order chi connectivity index (χ1) is 10.2. The van der Waals surface area contributed by atoms with Crippen molar-refractivity contribution in [1.82, 2.24) is 10.2 Å². The molecule has 0 N–H and O–H groups in total. The monoisotopic (exact) mass is 304 g/mol. The highest BCUT2D eigenvalue weighted by Crippen LogP contribution is 2.29. The first-order valence-corrected chi connectivity index (χ1v) is 8.48. The zero-order valence-corrected chi connectivity index (χ0v) is 14.2. The van der Waals surface area contributed by atoms with Crippen LogP contribution in [0, 0.1) is 0 Å². The predicted octanol–water partition coefficient (Wildman–Crippen LogP) is 3.90. The molecule has 0 saturated heterocycles. The van der Waals surface area contributed by atoms with E-state index in [9.17, 15) is 0 Å². The number of hydrogen-bond donors (Lipinski definition) is 0. The largest absolute Gasteiger partial charge is 0.372 e. The molecule has 0 bridgehead atoms. The van der Waals surface area contributed by atoms with E-state index in [2.05, 4.69) is 72.0 Å². The van der Waals surface area contributed by atoms with Crippen molar-refractivity contribution >= 4 is 22.2 Å². The van der Waals surface area contributed by atoms with Gasteiger partial charge in [-0.2, -0.15) is 0 Å². The minimum absolute atomic E-state index is 0.964. The van der Waals surface area contributed by atoms with E-state index in [-0.39, 0.29) is 0 Å². The Morgan fingerprint density at radius 3 is 1.90 bits per heavy atom. The Morgan fingerprint density at radius 2 is 1.38 bits per heavy atom. The van der Waals surface area contributed by atoms with E-state index in [0.29, 0.717) is 0 Å². The molecule has 0 aliphatic rings. The quantitative estimate of drug-likeness (QED) is 0.776. The van der Waals surface area contributed by atoms with Gasteiger partial charge in [-0.1, -0.05) is 11.3 Å². The molecule has 21 heavy (non-hydrogen) atoms. The molecule has 4 nitrogen and oxygen atoms in total. The summed E-state index contributed by atoms with van der Waals surface area (Å²) in [7, 11) is 0. The van der Waals surface area contributed by atoms with Crippen molar-refractivity contribution < 1.29 is 0 Å². The van der Waals surface area contributed by atoms with Crippen molar-refractivity contribution in [3.63, 3.8) is 0 Å². The number of anilines is 2. The second kappa shape index (κ2) is 7.41. The summed E-state index contributed by atoms with van der Waals surface area (Å²) in [5.74, 6) is 0. The second-order valence-corrected chi connectivity index (χ2v) is 5.74. The highest BCUT2D eigenvalue weighted by molar-refractivity contribution is 7.18. The van der Waals surface area contributed by atoms with Gasteiger partial charge in [-0.05, 0) is 52.0 Å². The summed E-state index contributed by atoms with van der Waals surface area (Å²) in [6.45, 7) is 12.6. The lowest BCUT2D eigenvalue weighted by Crippen LogP contribution is -2.21. The van der Waals surface area contributed by atoms with E-state index < -0.39 is 0 Å². The summed E-state index contributed by atoms with van der Waals surface area (Å²) in [5.41, 5.74) is 2.40. The topological polar surface area (TPSA) is 32.3 Å². The molecule has 0 fully saturated rings. The van der Waals surface area contributed by atoms with Gasteiger partial charge in [0, 0.05) is 37.4 Å². The minimum Gasteiger partial charge on any atom is -0.372 e. The van der Waals surface area contributed by atoms with Crippen LogP contribution in [0.5, 0.6) is 0 Å². The van der Waals surface area contributed by atoms with Gasteiger partial charge in [0.2, 0.25) is 5.13 Å². The van der Waals surface area contributed by atoms with Gasteiger partial charge in [0.1, 0.15) is 5.01 Å². The molecule has 1 heterocycles. The Labute approximate surface area is 131 Å². The van der Waals surface area contributed by atoms with Crippen LogP contribution in [0.25, 0.3) is 10.6 Å². The zero-order valence-electron chi connectivity index (χ0n) is 13.3. The van der Waals surface area contributed by atoms with Gasteiger partial charge in [-0.25, -0.2) is 0 Å². The smallest absolute Gasteiger partial charge is 0.208 e. The summed E-state index contributed by atoms with van der Waals surface area (Å²) in [5, 5.41) is 10.6. The molecule has 114 valence electrons. The Hall–Kier alpha value is -1.62. The molecule has 2 rings (SSSR count). The Kier molecular flexibility index (Phi) is 5.56. The van der Waals surface area contributed by atoms with Crippen molar-refractivity contribution in [2.45, 2.75) is 27.7 Å². The molecule has 2 aromatic rings. The van der Waals surface area contributed by atoms with Gasteiger partial charge >= 0.3 is 0 Å². The van der Waals surface area contributed by atoms with Crippen LogP contribution in [0.4, 0.5) is 10.8 Å². The minimum atomic E-state index is 0.964. The summed E-state index contributed by atoms with van der Waals surface area (Å²) in [6.07, 6.45) is 0. The average molecular weight is 304 g/mol. The fourth-order valence-electron chi connectivity index (χ4n) is 2.36. The molecule has 0 aliphatic heterocycles. The average Bonchev–Trinajstić information content (AvgIpc) is 3.00. The third kappa shape index (κ3) is 3.53. The molecule has 0 atom stereocenters. The van der Waals surface area contributed by atoms with Crippen LogP contribution >= 0.6 is 11.3 Å². The van der Waals surface area contributed by atoms with Crippen molar-refractivity contribution in [2.24, 2.45) is 0 Å². The van der Waals surface area contributed by atoms with Gasteiger partial charge < -0.3 is 9.80 Å². The van der Waals surface area contributed by atoms with E-state index in [0.717, 1.165) is 41.9 Å². The lowest BCUT2D eigenvalue weighted by molar-refractivity contribution is 0.846. The predicted molar refractivity (Wildman–Crippen MR) is 92.5 cm³/mol. The Bertz CT molecular complexity index is 542. The molecule has 5 heteroatoms. The van der Waals surface area contributed by atoms with Gasteiger partial charge in [0.25, 0.3) is 0 Å². The highest BCUT2D eigenvalue weighted by Gasteiger charge is 2.11. The first-order valence-electron chi connectivity index (χ1n) is 7.67.